The van der Waals surface area contributed by atoms with Crippen LogP contribution in [-0.2, 0) is 9.53 Å². The van der Waals surface area contributed by atoms with Gasteiger partial charge in [0.2, 0.25) is 0 Å². The van der Waals surface area contributed by atoms with Gasteiger partial charge < -0.3 is 4.74 Å². The maximum atomic E-state index is 11.6. The van der Waals surface area contributed by atoms with Crippen molar-refractivity contribution in [2.75, 3.05) is 6.61 Å². The molecule has 0 heterocycles. The SMILES string of the molecule is CCCOC(=O)C(Cl)C(S)c1ccc(Cl)cc1. The van der Waals surface area contributed by atoms with Crippen LogP contribution >= 0.6 is 35.8 Å². The van der Waals surface area contributed by atoms with E-state index in [4.69, 9.17) is 27.9 Å². The van der Waals surface area contributed by atoms with Crippen LogP contribution in [0.2, 0.25) is 5.02 Å². The van der Waals surface area contributed by atoms with Crippen molar-refractivity contribution in [3.63, 3.8) is 0 Å². The highest BCUT2D eigenvalue weighted by atomic mass is 35.5. The summed E-state index contributed by atoms with van der Waals surface area (Å²) < 4.78 is 4.97. The number of halogens is 2. The van der Waals surface area contributed by atoms with Crippen molar-refractivity contribution >= 4 is 41.8 Å². The van der Waals surface area contributed by atoms with Crippen LogP contribution in [0.4, 0.5) is 0 Å². The van der Waals surface area contributed by atoms with E-state index in [0.717, 1.165) is 12.0 Å². The topological polar surface area (TPSA) is 26.3 Å². The molecule has 0 amide bonds. The lowest BCUT2D eigenvalue weighted by Gasteiger charge is -2.16. The molecule has 0 fully saturated rings. The van der Waals surface area contributed by atoms with Crippen LogP contribution in [0.25, 0.3) is 0 Å². The molecule has 1 aromatic carbocycles. The molecule has 0 aromatic heterocycles. The summed E-state index contributed by atoms with van der Waals surface area (Å²) in [7, 11) is 0. The van der Waals surface area contributed by atoms with Crippen LogP contribution in [0.15, 0.2) is 24.3 Å². The van der Waals surface area contributed by atoms with Crippen molar-refractivity contribution in [1.29, 1.82) is 0 Å². The van der Waals surface area contributed by atoms with Gasteiger partial charge in [-0.25, -0.2) is 0 Å². The Morgan fingerprint density at radius 1 is 1.41 bits per heavy atom. The Bertz CT molecular complexity index is 367. The van der Waals surface area contributed by atoms with Crippen molar-refractivity contribution in [3.05, 3.63) is 34.9 Å². The lowest BCUT2D eigenvalue weighted by molar-refractivity contribution is -0.143. The van der Waals surface area contributed by atoms with Gasteiger partial charge in [0.25, 0.3) is 0 Å². The minimum absolute atomic E-state index is 0.378. The van der Waals surface area contributed by atoms with Gasteiger partial charge >= 0.3 is 5.97 Å². The average molecular weight is 293 g/mol. The predicted molar refractivity (Wildman–Crippen MR) is 74.1 cm³/mol. The summed E-state index contributed by atoms with van der Waals surface area (Å²) >= 11 is 16.1. The second-order valence-corrected chi connectivity index (χ2v) is 5.03. The summed E-state index contributed by atoms with van der Waals surface area (Å²) in [6, 6.07) is 7.06. The van der Waals surface area contributed by atoms with E-state index in [0.29, 0.717) is 11.6 Å². The van der Waals surface area contributed by atoms with Crippen LogP contribution < -0.4 is 0 Å². The van der Waals surface area contributed by atoms with E-state index in [1.54, 1.807) is 24.3 Å². The first kappa shape index (κ1) is 14.7. The number of thiol groups is 1. The van der Waals surface area contributed by atoms with Crippen LogP contribution in [0.1, 0.15) is 24.2 Å². The Hall–Kier alpha value is -0.380. The van der Waals surface area contributed by atoms with Gasteiger partial charge in [0, 0.05) is 5.02 Å². The zero-order valence-electron chi connectivity index (χ0n) is 9.40. The lowest BCUT2D eigenvalue weighted by atomic mass is 10.1. The Morgan fingerprint density at radius 3 is 2.53 bits per heavy atom. The highest BCUT2D eigenvalue weighted by molar-refractivity contribution is 7.80. The summed E-state index contributed by atoms with van der Waals surface area (Å²) in [6.07, 6.45) is 0.771. The number of alkyl halides is 1. The Labute approximate surface area is 117 Å². The van der Waals surface area contributed by atoms with E-state index in [1.807, 2.05) is 6.92 Å². The number of hydrogen-bond donors (Lipinski definition) is 1. The van der Waals surface area contributed by atoms with Crippen LogP contribution in [0.3, 0.4) is 0 Å². The molecule has 94 valence electrons. The van der Waals surface area contributed by atoms with Gasteiger partial charge in [-0.3, -0.25) is 4.79 Å². The van der Waals surface area contributed by atoms with Gasteiger partial charge in [-0.15, -0.1) is 11.6 Å². The minimum atomic E-state index is -0.800. The second-order valence-electron chi connectivity index (χ2n) is 3.57. The fourth-order valence-electron chi connectivity index (χ4n) is 1.24. The Kier molecular flexibility index (Phi) is 6.17. The van der Waals surface area contributed by atoms with Crippen LogP contribution in [0.5, 0.6) is 0 Å². The second kappa shape index (κ2) is 7.14. The summed E-state index contributed by atoms with van der Waals surface area (Å²) in [4.78, 5) is 11.6. The summed E-state index contributed by atoms with van der Waals surface area (Å²) in [5.41, 5.74) is 0.839. The third-order valence-corrected chi connectivity index (χ3v) is 3.62. The molecule has 5 heteroatoms. The first-order chi connectivity index (χ1) is 8.06. The zero-order chi connectivity index (χ0) is 12.8. The molecule has 0 bridgehead atoms. The fourth-order valence-corrected chi connectivity index (χ4v) is 1.87. The van der Waals surface area contributed by atoms with Crippen LogP contribution in [-0.4, -0.2) is 18.0 Å². The third-order valence-electron chi connectivity index (χ3n) is 2.16. The maximum Gasteiger partial charge on any atom is 0.325 e. The van der Waals surface area contributed by atoms with Crippen molar-refractivity contribution in [2.45, 2.75) is 24.0 Å². The molecule has 0 aliphatic rings. The number of carbonyl (C=O) groups is 1. The lowest BCUT2D eigenvalue weighted by Crippen LogP contribution is -2.22. The van der Waals surface area contributed by atoms with Crippen molar-refractivity contribution in [3.8, 4) is 0 Å². The van der Waals surface area contributed by atoms with Crippen molar-refractivity contribution in [2.24, 2.45) is 0 Å². The van der Waals surface area contributed by atoms with E-state index >= 15 is 0 Å². The van der Waals surface area contributed by atoms with Gasteiger partial charge in [0.1, 0.15) is 5.38 Å². The largest absolute Gasteiger partial charge is 0.465 e. The zero-order valence-corrected chi connectivity index (χ0v) is 11.8. The predicted octanol–water partition coefficient (Wildman–Crippen LogP) is 3.87. The number of benzene rings is 1. The highest BCUT2D eigenvalue weighted by Crippen LogP contribution is 2.29. The number of ether oxygens (including phenoxy) is 1. The molecule has 0 saturated carbocycles. The summed E-state index contributed by atoms with van der Waals surface area (Å²) in [5, 5.41) is -0.571. The quantitative estimate of drug-likeness (QED) is 0.506. The molecule has 2 unspecified atom stereocenters. The van der Waals surface area contributed by atoms with Crippen molar-refractivity contribution in [1.82, 2.24) is 0 Å². The molecule has 0 aliphatic heterocycles. The number of esters is 1. The molecule has 0 aliphatic carbocycles. The number of hydrogen-bond acceptors (Lipinski definition) is 3. The smallest absolute Gasteiger partial charge is 0.325 e. The molecule has 2 atom stereocenters. The number of rotatable bonds is 5. The van der Waals surface area contributed by atoms with Gasteiger partial charge in [-0.2, -0.15) is 12.6 Å². The van der Waals surface area contributed by atoms with Gasteiger partial charge in [0.15, 0.2) is 0 Å². The fraction of sp³-hybridized carbons (Fsp3) is 0.417. The van der Waals surface area contributed by atoms with E-state index in [-0.39, 0.29) is 0 Å². The average Bonchev–Trinajstić information content (AvgIpc) is 2.35. The standard InChI is InChI=1S/C12H14Cl2O2S/c1-2-7-16-12(15)10(14)11(17)8-3-5-9(13)6-4-8/h3-6,10-11,17H,2,7H2,1H3. The molecular weight excluding hydrogens is 279 g/mol. The van der Waals surface area contributed by atoms with E-state index < -0.39 is 16.6 Å². The molecule has 17 heavy (non-hydrogen) atoms. The Morgan fingerprint density at radius 2 is 2.00 bits per heavy atom. The highest BCUT2D eigenvalue weighted by Gasteiger charge is 2.26. The molecule has 0 spiro atoms. The molecule has 0 saturated heterocycles. The van der Waals surface area contributed by atoms with Gasteiger partial charge in [-0.1, -0.05) is 30.7 Å². The molecule has 2 nitrogen and oxygen atoms in total. The molecule has 1 rings (SSSR count). The first-order valence-electron chi connectivity index (χ1n) is 5.30. The monoisotopic (exact) mass is 292 g/mol. The van der Waals surface area contributed by atoms with Gasteiger partial charge in [-0.05, 0) is 24.1 Å². The normalized spacial score (nSPS) is 14.1. The van der Waals surface area contributed by atoms with E-state index in [2.05, 4.69) is 12.6 Å². The summed E-state index contributed by atoms with van der Waals surface area (Å²) in [6.45, 7) is 2.30. The van der Waals surface area contributed by atoms with Gasteiger partial charge in [0.05, 0.1) is 11.9 Å². The Balaban J connectivity index is 2.65. The molecule has 0 N–H and O–H groups in total. The first-order valence-corrected chi connectivity index (χ1v) is 6.63. The number of carbonyl (C=O) groups excluding carboxylic acids is 1. The van der Waals surface area contributed by atoms with E-state index in [1.165, 1.54) is 0 Å². The van der Waals surface area contributed by atoms with E-state index in [9.17, 15) is 4.79 Å². The molecule has 0 radical (unpaired) electrons. The summed E-state index contributed by atoms with van der Waals surface area (Å²) in [5.74, 6) is -0.441. The van der Waals surface area contributed by atoms with Crippen molar-refractivity contribution < 1.29 is 9.53 Å². The third kappa shape index (κ3) is 4.41. The van der Waals surface area contributed by atoms with Crippen LogP contribution in [0, 0.1) is 0 Å². The maximum absolute atomic E-state index is 11.6. The minimum Gasteiger partial charge on any atom is -0.465 e. The molecular formula is C12H14Cl2O2S. The molecule has 1 aromatic rings.